The van der Waals surface area contributed by atoms with E-state index in [9.17, 15) is 0 Å². The van der Waals surface area contributed by atoms with Crippen molar-refractivity contribution in [2.75, 3.05) is 24.7 Å². The summed E-state index contributed by atoms with van der Waals surface area (Å²) in [6.45, 7) is 7.57. The summed E-state index contributed by atoms with van der Waals surface area (Å²) in [4.78, 5) is 2.40. The van der Waals surface area contributed by atoms with Gasteiger partial charge in [0.15, 0.2) is 0 Å². The van der Waals surface area contributed by atoms with Gasteiger partial charge in [0, 0.05) is 18.8 Å². The molecule has 0 saturated carbocycles. The first-order valence-electron chi connectivity index (χ1n) is 5.78. The summed E-state index contributed by atoms with van der Waals surface area (Å²) in [5, 5.41) is 0. The molecule has 0 radical (unpaired) electrons. The molecule has 1 aliphatic heterocycles. The maximum absolute atomic E-state index is 5.60. The van der Waals surface area contributed by atoms with Gasteiger partial charge >= 0.3 is 0 Å². The van der Waals surface area contributed by atoms with E-state index < -0.39 is 0 Å². The molecule has 0 atom stereocenters. The van der Waals surface area contributed by atoms with Crippen LogP contribution in [-0.2, 0) is 11.3 Å². The van der Waals surface area contributed by atoms with Gasteiger partial charge in [-0.2, -0.15) is 0 Å². The van der Waals surface area contributed by atoms with Gasteiger partial charge in [-0.3, -0.25) is 0 Å². The number of morpholine rings is 1. The highest BCUT2D eigenvalue weighted by Crippen LogP contribution is 2.26. The summed E-state index contributed by atoms with van der Waals surface area (Å²) in [6, 6.07) is 8.49. The Morgan fingerprint density at radius 2 is 2.00 bits per heavy atom. The number of nitrogens with two attached hydrogens (primary N) is 1. The topological polar surface area (TPSA) is 38.5 Å². The Balaban J connectivity index is 2.21. The first kappa shape index (κ1) is 11.4. The summed E-state index contributed by atoms with van der Waals surface area (Å²) < 4.78 is 5.52. The number of hydrogen-bond acceptors (Lipinski definition) is 3. The predicted molar refractivity (Wildman–Crippen MR) is 66.6 cm³/mol. The number of anilines is 1. The summed E-state index contributed by atoms with van der Waals surface area (Å²) >= 11 is 0. The molecule has 0 aliphatic carbocycles. The molecule has 0 bridgehead atoms. The molecule has 0 amide bonds. The van der Waals surface area contributed by atoms with Gasteiger partial charge in [0.1, 0.15) is 0 Å². The summed E-state index contributed by atoms with van der Waals surface area (Å²) in [6.07, 6.45) is 0. The van der Waals surface area contributed by atoms with Crippen LogP contribution >= 0.6 is 0 Å². The van der Waals surface area contributed by atoms with Crippen LogP contribution in [-0.4, -0.2) is 25.3 Å². The van der Waals surface area contributed by atoms with Gasteiger partial charge < -0.3 is 15.4 Å². The van der Waals surface area contributed by atoms with Crippen molar-refractivity contribution in [3.63, 3.8) is 0 Å². The number of rotatable bonds is 2. The molecule has 1 aromatic rings. The second-order valence-electron chi connectivity index (χ2n) is 4.89. The first-order valence-corrected chi connectivity index (χ1v) is 5.78. The second-order valence-corrected chi connectivity index (χ2v) is 4.89. The van der Waals surface area contributed by atoms with Crippen LogP contribution < -0.4 is 10.6 Å². The average molecular weight is 220 g/mol. The molecular formula is C13H20N2O. The van der Waals surface area contributed by atoms with Crippen LogP contribution in [0.3, 0.4) is 0 Å². The number of ether oxygens (including phenoxy) is 1. The Morgan fingerprint density at radius 3 is 2.56 bits per heavy atom. The molecule has 1 heterocycles. The largest absolute Gasteiger partial charge is 0.377 e. The molecule has 2 N–H and O–H groups in total. The monoisotopic (exact) mass is 220 g/mol. The van der Waals surface area contributed by atoms with Gasteiger partial charge in [0.25, 0.3) is 0 Å². The van der Waals surface area contributed by atoms with Crippen molar-refractivity contribution in [1.29, 1.82) is 0 Å². The molecule has 1 aromatic carbocycles. The van der Waals surface area contributed by atoms with Crippen molar-refractivity contribution in [2.45, 2.75) is 25.9 Å². The van der Waals surface area contributed by atoms with Crippen molar-refractivity contribution < 1.29 is 4.74 Å². The fourth-order valence-corrected chi connectivity index (χ4v) is 2.15. The van der Waals surface area contributed by atoms with Gasteiger partial charge in [-0.1, -0.05) is 12.1 Å². The Hall–Kier alpha value is -1.06. The zero-order chi connectivity index (χ0) is 11.6. The molecule has 88 valence electrons. The van der Waals surface area contributed by atoms with E-state index in [1.807, 2.05) is 0 Å². The molecule has 0 spiro atoms. The van der Waals surface area contributed by atoms with Gasteiger partial charge in [0.2, 0.25) is 0 Å². The Morgan fingerprint density at radius 1 is 1.31 bits per heavy atom. The summed E-state index contributed by atoms with van der Waals surface area (Å²) in [7, 11) is 0. The molecule has 3 heteroatoms. The standard InChI is InChI=1S/C13H20N2O/c1-13(2)10-16-8-7-15(13)12-5-3-11(9-14)4-6-12/h3-6H,7-10,14H2,1-2H3. The molecular weight excluding hydrogens is 200 g/mol. The highest BCUT2D eigenvalue weighted by atomic mass is 16.5. The zero-order valence-corrected chi connectivity index (χ0v) is 10.1. The van der Waals surface area contributed by atoms with Crippen LogP contribution in [0.2, 0.25) is 0 Å². The van der Waals surface area contributed by atoms with Gasteiger partial charge in [-0.25, -0.2) is 0 Å². The highest BCUT2D eigenvalue weighted by Gasteiger charge is 2.30. The third kappa shape index (κ3) is 2.20. The predicted octanol–water partition coefficient (Wildman–Crippen LogP) is 1.76. The van der Waals surface area contributed by atoms with E-state index >= 15 is 0 Å². The molecule has 0 unspecified atom stereocenters. The van der Waals surface area contributed by atoms with Gasteiger partial charge in [-0.05, 0) is 31.5 Å². The molecule has 1 saturated heterocycles. The van der Waals surface area contributed by atoms with Gasteiger partial charge in [-0.15, -0.1) is 0 Å². The van der Waals surface area contributed by atoms with Crippen LogP contribution in [0.5, 0.6) is 0 Å². The number of nitrogens with zero attached hydrogens (tertiary/aromatic N) is 1. The van der Waals surface area contributed by atoms with Gasteiger partial charge in [0.05, 0.1) is 18.8 Å². The molecule has 16 heavy (non-hydrogen) atoms. The van der Waals surface area contributed by atoms with E-state index in [1.165, 1.54) is 11.3 Å². The quantitative estimate of drug-likeness (QED) is 0.825. The fourth-order valence-electron chi connectivity index (χ4n) is 2.15. The molecule has 1 fully saturated rings. The summed E-state index contributed by atoms with van der Waals surface area (Å²) in [5.41, 5.74) is 8.10. The van der Waals surface area contributed by atoms with Crippen LogP contribution in [0.1, 0.15) is 19.4 Å². The van der Waals surface area contributed by atoms with Crippen LogP contribution in [0.4, 0.5) is 5.69 Å². The fraction of sp³-hybridized carbons (Fsp3) is 0.538. The van der Waals surface area contributed by atoms with E-state index in [0.29, 0.717) is 6.54 Å². The lowest BCUT2D eigenvalue weighted by molar-refractivity contribution is 0.0644. The van der Waals surface area contributed by atoms with E-state index in [-0.39, 0.29) is 5.54 Å². The minimum Gasteiger partial charge on any atom is -0.377 e. The number of benzene rings is 1. The lowest BCUT2D eigenvalue weighted by Gasteiger charge is -2.43. The average Bonchev–Trinajstić information content (AvgIpc) is 2.29. The van der Waals surface area contributed by atoms with Crippen LogP contribution in [0, 0.1) is 0 Å². The molecule has 1 aliphatic rings. The Kier molecular flexibility index (Phi) is 3.17. The minimum absolute atomic E-state index is 0.0719. The van der Waals surface area contributed by atoms with E-state index in [4.69, 9.17) is 10.5 Å². The normalized spacial score (nSPS) is 19.8. The maximum atomic E-state index is 5.60. The second kappa shape index (κ2) is 4.44. The lowest BCUT2D eigenvalue weighted by atomic mass is 10.0. The molecule has 2 rings (SSSR count). The SMILES string of the molecule is CC1(C)COCCN1c1ccc(CN)cc1. The van der Waals surface area contributed by atoms with E-state index in [1.54, 1.807) is 0 Å². The highest BCUT2D eigenvalue weighted by molar-refractivity contribution is 5.50. The smallest absolute Gasteiger partial charge is 0.0694 e. The van der Waals surface area contributed by atoms with E-state index in [2.05, 4.69) is 43.0 Å². The van der Waals surface area contributed by atoms with Crippen molar-refractivity contribution >= 4 is 5.69 Å². The lowest BCUT2D eigenvalue weighted by Crippen LogP contribution is -2.53. The third-order valence-corrected chi connectivity index (χ3v) is 3.13. The van der Waals surface area contributed by atoms with Crippen molar-refractivity contribution in [3.05, 3.63) is 29.8 Å². The van der Waals surface area contributed by atoms with E-state index in [0.717, 1.165) is 19.8 Å². The third-order valence-electron chi connectivity index (χ3n) is 3.13. The molecule has 0 aromatic heterocycles. The number of hydrogen-bond donors (Lipinski definition) is 1. The minimum atomic E-state index is 0.0719. The van der Waals surface area contributed by atoms with Crippen molar-refractivity contribution in [3.8, 4) is 0 Å². The zero-order valence-electron chi connectivity index (χ0n) is 10.1. The Labute approximate surface area is 97.2 Å². The van der Waals surface area contributed by atoms with Crippen molar-refractivity contribution in [2.24, 2.45) is 5.73 Å². The Bertz CT molecular complexity index is 345. The summed E-state index contributed by atoms with van der Waals surface area (Å²) in [5.74, 6) is 0. The van der Waals surface area contributed by atoms with Crippen molar-refractivity contribution in [1.82, 2.24) is 0 Å². The van der Waals surface area contributed by atoms with Crippen LogP contribution in [0.25, 0.3) is 0 Å². The first-order chi connectivity index (χ1) is 7.63. The van der Waals surface area contributed by atoms with Crippen LogP contribution in [0.15, 0.2) is 24.3 Å². The molecule has 3 nitrogen and oxygen atoms in total. The maximum Gasteiger partial charge on any atom is 0.0694 e.